The molecule has 0 aromatic carbocycles. The first kappa shape index (κ1) is 23.4. The van der Waals surface area contributed by atoms with Crippen molar-refractivity contribution in [1.82, 2.24) is 10.6 Å². The third kappa shape index (κ3) is 11.9. The molecule has 1 aliphatic rings. The van der Waals surface area contributed by atoms with Crippen LogP contribution in [0, 0.1) is 0 Å². The Morgan fingerprint density at radius 3 is 2.58 bits per heavy atom. The number of rotatable bonds is 11. The second-order valence-corrected chi connectivity index (χ2v) is 5.74. The van der Waals surface area contributed by atoms with Gasteiger partial charge in [0.25, 0.3) is 0 Å². The van der Waals surface area contributed by atoms with Crippen molar-refractivity contribution < 1.29 is 14.3 Å². The van der Waals surface area contributed by atoms with Gasteiger partial charge in [-0.25, -0.2) is 0 Å². The van der Waals surface area contributed by atoms with E-state index in [1.165, 1.54) is 12.8 Å². The Balaban J connectivity index is 0.00000529. The molecule has 0 aromatic rings. The first-order valence-electron chi connectivity index (χ1n) is 9.05. The zero-order chi connectivity index (χ0) is 16.8. The number of nitrogens with zero attached hydrogens (tertiary/aromatic N) is 1. The number of carbonyl (C=O) groups excluding carboxylic acids is 1. The summed E-state index contributed by atoms with van der Waals surface area (Å²) < 4.78 is 10.7. The van der Waals surface area contributed by atoms with Gasteiger partial charge in [0.15, 0.2) is 5.96 Å². The number of hydrogen-bond donors (Lipinski definition) is 2. The maximum atomic E-state index is 11.7. The highest BCUT2D eigenvalue weighted by molar-refractivity contribution is 14.0. The molecule has 6 nitrogen and oxygen atoms in total. The summed E-state index contributed by atoms with van der Waals surface area (Å²) in [6, 6.07) is 0. The molecule has 0 atom stereocenters. The van der Waals surface area contributed by atoms with Gasteiger partial charge in [-0.3, -0.25) is 9.79 Å². The van der Waals surface area contributed by atoms with Gasteiger partial charge in [0, 0.05) is 39.3 Å². The van der Waals surface area contributed by atoms with Gasteiger partial charge in [-0.05, 0) is 52.4 Å². The van der Waals surface area contributed by atoms with E-state index in [-0.39, 0.29) is 36.0 Å². The molecule has 1 aliphatic carbocycles. The molecular formula is C17H34IN3O3. The SMILES string of the molecule is CCNC(=NCCCC(=O)OC1CCCC1)NCCCOCC.I. The van der Waals surface area contributed by atoms with Crippen LogP contribution < -0.4 is 10.6 Å². The van der Waals surface area contributed by atoms with E-state index in [0.29, 0.717) is 13.0 Å². The second-order valence-electron chi connectivity index (χ2n) is 5.74. The Kier molecular flexibility index (Phi) is 15.6. The van der Waals surface area contributed by atoms with Gasteiger partial charge in [0.05, 0.1) is 0 Å². The maximum absolute atomic E-state index is 11.7. The molecule has 0 heterocycles. The minimum absolute atomic E-state index is 0. The van der Waals surface area contributed by atoms with E-state index in [0.717, 1.165) is 57.9 Å². The van der Waals surface area contributed by atoms with Gasteiger partial charge < -0.3 is 20.1 Å². The van der Waals surface area contributed by atoms with Crippen LogP contribution in [0.4, 0.5) is 0 Å². The summed E-state index contributed by atoms with van der Waals surface area (Å²) in [7, 11) is 0. The largest absolute Gasteiger partial charge is 0.462 e. The normalized spacial score (nSPS) is 15.0. The molecule has 1 fully saturated rings. The third-order valence-corrected chi connectivity index (χ3v) is 3.72. The zero-order valence-electron chi connectivity index (χ0n) is 15.1. The predicted molar refractivity (Wildman–Crippen MR) is 108 cm³/mol. The van der Waals surface area contributed by atoms with Crippen molar-refractivity contribution in [3.63, 3.8) is 0 Å². The Hall–Kier alpha value is -0.570. The third-order valence-electron chi connectivity index (χ3n) is 3.72. The first-order chi connectivity index (χ1) is 11.3. The van der Waals surface area contributed by atoms with Gasteiger partial charge in [0.2, 0.25) is 0 Å². The van der Waals surface area contributed by atoms with Gasteiger partial charge in [0.1, 0.15) is 6.10 Å². The number of nitrogens with one attached hydrogen (secondary N) is 2. The fourth-order valence-corrected chi connectivity index (χ4v) is 2.53. The van der Waals surface area contributed by atoms with E-state index in [1.54, 1.807) is 0 Å². The van der Waals surface area contributed by atoms with Gasteiger partial charge in [-0.15, -0.1) is 24.0 Å². The molecule has 7 heteroatoms. The number of esters is 1. The van der Waals surface area contributed by atoms with E-state index in [2.05, 4.69) is 15.6 Å². The van der Waals surface area contributed by atoms with E-state index >= 15 is 0 Å². The molecule has 1 rings (SSSR count). The number of hydrogen-bond acceptors (Lipinski definition) is 4. The van der Waals surface area contributed by atoms with Crippen LogP contribution in [0.1, 0.15) is 58.8 Å². The molecule has 0 saturated heterocycles. The van der Waals surface area contributed by atoms with E-state index < -0.39 is 0 Å². The number of ether oxygens (including phenoxy) is 2. The van der Waals surface area contributed by atoms with Crippen LogP contribution in [0.15, 0.2) is 4.99 Å². The fourth-order valence-electron chi connectivity index (χ4n) is 2.53. The standard InChI is InChI=1S/C17H33N3O3.HI/c1-3-18-17(20-13-8-14-22-4-2)19-12-7-11-16(21)23-15-9-5-6-10-15;/h15H,3-14H2,1-2H3,(H2,18,19,20);1H. The smallest absolute Gasteiger partial charge is 0.306 e. The minimum Gasteiger partial charge on any atom is -0.462 e. The molecule has 0 unspecified atom stereocenters. The van der Waals surface area contributed by atoms with Crippen molar-refractivity contribution in [1.29, 1.82) is 0 Å². The van der Waals surface area contributed by atoms with Crippen LogP contribution in [0.3, 0.4) is 0 Å². The lowest BCUT2D eigenvalue weighted by atomic mass is 10.3. The lowest BCUT2D eigenvalue weighted by Crippen LogP contribution is -2.38. The van der Waals surface area contributed by atoms with Gasteiger partial charge in [-0.2, -0.15) is 0 Å². The predicted octanol–water partition coefficient (Wildman–Crippen LogP) is 2.85. The maximum Gasteiger partial charge on any atom is 0.306 e. The molecule has 24 heavy (non-hydrogen) atoms. The van der Waals surface area contributed by atoms with E-state index in [9.17, 15) is 4.79 Å². The van der Waals surface area contributed by atoms with Gasteiger partial charge in [-0.1, -0.05) is 0 Å². The summed E-state index contributed by atoms with van der Waals surface area (Å²) in [6.45, 7) is 7.82. The quantitative estimate of drug-likeness (QED) is 0.165. The molecule has 1 saturated carbocycles. The summed E-state index contributed by atoms with van der Waals surface area (Å²) in [6.07, 6.45) is 6.71. The van der Waals surface area contributed by atoms with Gasteiger partial charge >= 0.3 is 5.97 Å². The summed E-state index contributed by atoms with van der Waals surface area (Å²) in [5.41, 5.74) is 0. The Labute approximate surface area is 163 Å². The first-order valence-corrected chi connectivity index (χ1v) is 9.05. The lowest BCUT2D eigenvalue weighted by molar-refractivity contribution is -0.148. The van der Waals surface area contributed by atoms with Crippen molar-refractivity contribution in [3.05, 3.63) is 0 Å². The molecule has 2 N–H and O–H groups in total. The summed E-state index contributed by atoms with van der Waals surface area (Å²) in [4.78, 5) is 16.2. The molecule has 0 aliphatic heterocycles. The topological polar surface area (TPSA) is 72.0 Å². The second kappa shape index (κ2) is 15.9. The molecule has 0 amide bonds. The zero-order valence-corrected chi connectivity index (χ0v) is 17.5. The Morgan fingerprint density at radius 1 is 1.17 bits per heavy atom. The fraction of sp³-hybridized carbons (Fsp3) is 0.882. The van der Waals surface area contributed by atoms with Crippen LogP contribution in [-0.2, 0) is 14.3 Å². The van der Waals surface area contributed by atoms with Crippen molar-refractivity contribution in [2.24, 2.45) is 4.99 Å². The lowest BCUT2D eigenvalue weighted by Gasteiger charge is -2.12. The van der Waals surface area contributed by atoms with Crippen molar-refractivity contribution in [3.8, 4) is 0 Å². The molecule has 0 bridgehead atoms. The molecule has 0 radical (unpaired) electrons. The highest BCUT2D eigenvalue weighted by atomic mass is 127. The number of carbonyl (C=O) groups is 1. The van der Waals surface area contributed by atoms with Crippen LogP contribution >= 0.6 is 24.0 Å². The van der Waals surface area contributed by atoms with E-state index in [1.807, 2.05) is 13.8 Å². The number of guanidine groups is 1. The Bertz CT molecular complexity index is 348. The van der Waals surface area contributed by atoms with Crippen LogP contribution in [0.25, 0.3) is 0 Å². The molecule has 0 aromatic heterocycles. The average Bonchev–Trinajstić information content (AvgIpc) is 3.04. The van der Waals surface area contributed by atoms with Crippen LogP contribution in [0.5, 0.6) is 0 Å². The Morgan fingerprint density at radius 2 is 1.92 bits per heavy atom. The monoisotopic (exact) mass is 455 g/mol. The minimum atomic E-state index is -0.0817. The van der Waals surface area contributed by atoms with E-state index in [4.69, 9.17) is 9.47 Å². The summed E-state index contributed by atoms with van der Waals surface area (Å²) >= 11 is 0. The summed E-state index contributed by atoms with van der Waals surface area (Å²) in [5, 5.41) is 6.47. The summed E-state index contributed by atoms with van der Waals surface area (Å²) in [5.74, 6) is 0.718. The highest BCUT2D eigenvalue weighted by Crippen LogP contribution is 2.21. The number of halogens is 1. The molecule has 142 valence electrons. The number of aliphatic imine (C=N–C) groups is 1. The average molecular weight is 455 g/mol. The molecule has 0 spiro atoms. The van der Waals surface area contributed by atoms with Crippen molar-refractivity contribution in [2.75, 3.05) is 32.8 Å². The van der Waals surface area contributed by atoms with Crippen LogP contribution in [-0.4, -0.2) is 50.9 Å². The van der Waals surface area contributed by atoms with Crippen LogP contribution in [0.2, 0.25) is 0 Å². The molecular weight excluding hydrogens is 421 g/mol. The van der Waals surface area contributed by atoms with Crippen molar-refractivity contribution in [2.45, 2.75) is 64.9 Å². The highest BCUT2D eigenvalue weighted by Gasteiger charge is 2.18. The van der Waals surface area contributed by atoms with Crippen molar-refractivity contribution >= 4 is 35.9 Å².